The van der Waals surface area contributed by atoms with Crippen molar-refractivity contribution in [1.29, 1.82) is 0 Å². The van der Waals surface area contributed by atoms with Gasteiger partial charge in [-0.15, -0.1) is 0 Å². The van der Waals surface area contributed by atoms with Crippen molar-refractivity contribution in [2.45, 2.75) is 32.4 Å². The lowest BCUT2D eigenvalue weighted by atomic mass is 10.2. The molecule has 0 atom stereocenters. The Hall–Kier alpha value is -1.66. The van der Waals surface area contributed by atoms with Crippen molar-refractivity contribution in [3.63, 3.8) is 0 Å². The molecule has 0 unspecified atom stereocenters. The van der Waals surface area contributed by atoms with E-state index in [1.807, 2.05) is 24.3 Å². The van der Waals surface area contributed by atoms with Crippen molar-refractivity contribution >= 4 is 13.8 Å². The number of rotatable bonds is 6. The fourth-order valence-electron chi connectivity index (χ4n) is 1.80. The zero-order valence-corrected chi connectivity index (χ0v) is 13.3. The van der Waals surface area contributed by atoms with Gasteiger partial charge in [0.15, 0.2) is 5.82 Å². The maximum absolute atomic E-state index is 5.98. The number of nitrogen functional groups attached to an aromatic ring is 1. The molecule has 5 nitrogen and oxygen atoms in total. The number of nitrogens with zero attached hydrogens (tertiary/aromatic N) is 3. The Bertz CT molecular complexity index is 562. The highest BCUT2D eigenvalue weighted by Crippen LogP contribution is 2.23. The van der Waals surface area contributed by atoms with E-state index in [0.717, 1.165) is 24.0 Å². The minimum atomic E-state index is -1.06. The Balaban J connectivity index is 2.01. The molecule has 0 fully saturated rings. The van der Waals surface area contributed by atoms with Crippen LogP contribution in [0, 0.1) is 0 Å². The van der Waals surface area contributed by atoms with Crippen LogP contribution < -0.4 is 5.73 Å². The highest BCUT2D eigenvalue weighted by molar-refractivity contribution is 6.76. The van der Waals surface area contributed by atoms with Crippen LogP contribution in [0.15, 0.2) is 30.6 Å². The van der Waals surface area contributed by atoms with Crippen LogP contribution in [0.2, 0.25) is 25.7 Å². The van der Waals surface area contributed by atoms with E-state index in [2.05, 4.69) is 29.7 Å². The standard InChI is InChI=1S/C14H22N4OSi/c1-20(2,3)9-8-19-11-18-14(16-10-17-18)12-6-4-5-7-13(12)15/h4-7,10H,8-9,11,15H2,1-3H3. The van der Waals surface area contributed by atoms with Crippen molar-refractivity contribution in [2.75, 3.05) is 12.3 Å². The lowest BCUT2D eigenvalue weighted by molar-refractivity contribution is 0.0796. The van der Waals surface area contributed by atoms with Crippen LogP contribution >= 0.6 is 0 Å². The molecule has 0 saturated heterocycles. The first-order valence-corrected chi connectivity index (χ1v) is 10.5. The van der Waals surface area contributed by atoms with Crippen molar-refractivity contribution < 1.29 is 4.74 Å². The van der Waals surface area contributed by atoms with Crippen molar-refractivity contribution in [3.05, 3.63) is 30.6 Å². The maximum atomic E-state index is 5.98. The molecule has 0 aliphatic rings. The van der Waals surface area contributed by atoms with Crippen molar-refractivity contribution in [3.8, 4) is 11.4 Å². The quantitative estimate of drug-likeness (QED) is 0.505. The third-order valence-electron chi connectivity index (χ3n) is 3.03. The molecule has 0 aliphatic heterocycles. The zero-order valence-electron chi connectivity index (χ0n) is 12.3. The van der Waals surface area contributed by atoms with Gasteiger partial charge in [-0.3, -0.25) is 0 Å². The Morgan fingerprint density at radius 3 is 2.70 bits per heavy atom. The van der Waals surface area contributed by atoms with Gasteiger partial charge in [0.25, 0.3) is 0 Å². The van der Waals surface area contributed by atoms with Gasteiger partial charge < -0.3 is 10.5 Å². The first kappa shape index (κ1) is 14.7. The van der Waals surface area contributed by atoms with Gasteiger partial charge in [-0.2, -0.15) is 5.10 Å². The summed E-state index contributed by atoms with van der Waals surface area (Å²) in [6.07, 6.45) is 1.53. The van der Waals surface area contributed by atoms with E-state index in [-0.39, 0.29) is 0 Å². The minimum absolute atomic E-state index is 0.411. The number of benzene rings is 1. The highest BCUT2D eigenvalue weighted by Gasteiger charge is 2.13. The van der Waals surface area contributed by atoms with Gasteiger partial charge in [0, 0.05) is 25.9 Å². The molecule has 0 saturated carbocycles. The summed E-state index contributed by atoms with van der Waals surface area (Å²) in [5, 5.41) is 4.20. The van der Waals surface area contributed by atoms with Crippen LogP contribution in [0.3, 0.4) is 0 Å². The van der Waals surface area contributed by atoms with Gasteiger partial charge in [-0.05, 0) is 18.2 Å². The van der Waals surface area contributed by atoms with E-state index < -0.39 is 8.07 Å². The summed E-state index contributed by atoms with van der Waals surface area (Å²) >= 11 is 0. The molecule has 108 valence electrons. The van der Waals surface area contributed by atoms with Gasteiger partial charge in [0.05, 0.1) is 0 Å². The Kier molecular flexibility index (Phi) is 4.56. The summed E-state index contributed by atoms with van der Waals surface area (Å²) in [5.74, 6) is 0.746. The molecule has 0 amide bonds. The number of nitrogens with two attached hydrogens (primary N) is 1. The highest BCUT2D eigenvalue weighted by atomic mass is 28.3. The van der Waals surface area contributed by atoms with E-state index in [1.165, 1.54) is 6.33 Å². The normalized spacial score (nSPS) is 11.8. The number of anilines is 1. The van der Waals surface area contributed by atoms with Crippen LogP contribution in [0.1, 0.15) is 0 Å². The SMILES string of the molecule is C[Si](C)(C)CCOCn1ncnc1-c1ccccc1N. The van der Waals surface area contributed by atoms with E-state index in [0.29, 0.717) is 12.4 Å². The summed E-state index contributed by atoms with van der Waals surface area (Å²) in [5.41, 5.74) is 7.56. The molecule has 1 heterocycles. The molecule has 1 aromatic carbocycles. The molecular formula is C14H22N4OSi. The summed E-state index contributed by atoms with van der Waals surface area (Å²) in [4.78, 5) is 4.28. The first-order valence-electron chi connectivity index (χ1n) is 6.78. The van der Waals surface area contributed by atoms with Crippen LogP contribution in [0.25, 0.3) is 11.4 Å². The summed E-state index contributed by atoms with van der Waals surface area (Å²) in [6.45, 7) is 8.18. The number of ether oxygens (including phenoxy) is 1. The lowest BCUT2D eigenvalue weighted by Crippen LogP contribution is -2.22. The molecule has 0 radical (unpaired) electrons. The third kappa shape index (κ3) is 3.91. The average molecular weight is 290 g/mol. The maximum Gasteiger partial charge on any atom is 0.162 e. The molecule has 0 bridgehead atoms. The number of hydrogen-bond donors (Lipinski definition) is 1. The molecule has 20 heavy (non-hydrogen) atoms. The molecule has 0 aliphatic carbocycles. The molecule has 0 spiro atoms. The zero-order chi connectivity index (χ0) is 14.6. The topological polar surface area (TPSA) is 66.0 Å². The van der Waals surface area contributed by atoms with E-state index in [9.17, 15) is 0 Å². The average Bonchev–Trinajstić information content (AvgIpc) is 2.82. The Morgan fingerprint density at radius 1 is 1.25 bits per heavy atom. The fraction of sp³-hybridized carbons (Fsp3) is 0.429. The third-order valence-corrected chi connectivity index (χ3v) is 4.73. The number of para-hydroxylation sites is 1. The van der Waals surface area contributed by atoms with Gasteiger partial charge in [0.1, 0.15) is 13.1 Å². The molecule has 6 heteroatoms. The lowest BCUT2D eigenvalue weighted by Gasteiger charge is -2.15. The summed E-state index contributed by atoms with van der Waals surface area (Å²) in [6, 6.07) is 8.80. The molecule has 1 aromatic heterocycles. The Morgan fingerprint density at radius 2 is 2.00 bits per heavy atom. The number of aromatic nitrogens is 3. The summed E-state index contributed by atoms with van der Waals surface area (Å²) < 4.78 is 7.46. The smallest absolute Gasteiger partial charge is 0.162 e. The van der Waals surface area contributed by atoms with Gasteiger partial charge >= 0.3 is 0 Å². The Labute approximate surface area is 120 Å². The second-order valence-corrected chi connectivity index (χ2v) is 11.6. The van der Waals surface area contributed by atoms with Crippen LogP contribution in [-0.4, -0.2) is 29.4 Å². The van der Waals surface area contributed by atoms with E-state index in [4.69, 9.17) is 10.5 Å². The number of hydrogen-bond acceptors (Lipinski definition) is 4. The molecule has 2 N–H and O–H groups in total. The fourth-order valence-corrected chi connectivity index (χ4v) is 2.55. The first-order chi connectivity index (χ1) is 9.47. The second-order valence-electron chi connectivity index (χ2n) is 6.02. The molecule has 2 aromatic rings. The second kappa shape index (κ2) is 6.19. The van der Waals surface area contributed by atoms with Gasteiger partial charge in [-0.1, -0.05) is 31.8 Å². The van der Waals surface area contributed by atoms with E-state index in [1.54, 1.807) is 4.68 Å². The van der Waals surface area contributed by atoms with Crippen molar-refractivity contribution in [1.82, 2.24) is 14.8 Å². The predicted molar refractivity (Wildman–Crippen MR) is 84.0 cm³/mol. The molecule has 2 rings (SSSR count). The van der Waals surface area contributed by atoms with Gasteiger partial charge in [0.2, 0.25) is 0 Å². The largest absolute Gasteiger partial charge is 0.398 e. The van der Waals surface area contributed by atoms with Crippen LogP contribution in [0.4, 0.5) is 5.69 Å². The predicted octanol–water partition coefficient (Wildman–Crippen LogP) is 2.84. The van der Waals surface area contributed by atoms with E-state index >= 15 is 0 Å². The monoisotopic (exact) mass is 290 g/mol. The van der Waals surface area contributed by atoms with Gasteiger partial charge in [-0.25, -0.2) is 9.67 Å². The minimum Gasteiger partial charge on any atom is -0.398 e. The van der Waals surface area contributed by atoms with Crippen LogP contribution in [0.5, 0.6) is 0 Å². The van der Waals surface area contributed by atoms with Crippen molar-refractivity contribution in [2.24, 2.45) is 0 Å². The van der Waals surface area contributed by atoms with Crippen LogP contribution in [-0.2, 0) is 11.5 Å². The molecular weight excluding hydrogens is 268 g/mol. The summed E-state index contributed by atoms with van der Waals surface area (Å²) in [7, 11) is -1.06.